The van der Waals surface area contributed by atoms with E-state index in [9.17, 15) is 19.5 Å². The normalized spacial score (nSPS) is 14.0. The van der Waals surface area contributed by atoms with Crippen LogP contribution in [0.15, 0.2) is 0 Å². The molecule has 8 heteroatoms. The zero-order valence-corrected chi connectivity index (χ0v) is 8.45. The standard InChI is InChI=1S/C6H8O7.Ti/c7-3(8)1-6(13,5(11)12)2-4(9)10;/h13H,1-2H2,(H,7,8)(H,9,10)(H,11,12);/q;+1/p-1. The van der Waals surface area contributed by atoms with Gasteiger partial charge in [0.2, 0.25) is 0 Å². The summed E-state index contributed by atoms with van der Waals surface area (Å²) in [6.07, 6.45) is -1.96. The topological polar surface area (TPSA) is 121 Å². The van der Waals surface area contributed by atoms with Gasteiger partial charge in [-0.05, 0) is 0 Å². The first-order chi connectivity index (χ1) is 6.31. The number of carbonyl (C=O) groups is 3. The second kappa shape index (κ2) is 5.09. The van der Waals surface area contributed by atoms with Crippen molar-refractivity contribution in [1.82, 2.24) is 0 Å². The van der Waals surface area contributed by atoms with E-state index in [1.165, 1.54) is 0 Å². The first-order valence-corrected chi connectivity index (χ1v) is 3.99. The molecular formula is C6H7O7Ti. The summed E-state index contributed by atoms with van der Waals surface area (Å²) in [7, 11) is 0. The van der Waals surface area contributed by atoms with Gasteiger partial charge in [-0.1, -0.05) is 0 Å². The van der Waals surface area contributed by atoms with Crippen LogP contribution in [0.1, 0.15) is 12.8 Å². The van der Waals surface area contributed by atoms with Crippen LogP contribution in [0.4, 0.5) is 0 Å². The average molecular weight is 239 g/mol. The number of aliphatic carboxylic acids is 2. The fourth-order valence-corrected chi connectivity index (χ4v) is 0.851. The average Bonchev–Trinajstić information content (AvgIpc) is 2.02. The number of hydrogen-bond donors (Lipinski definition) is 3. The van der Waals surface area contributed by atoms with Crippen LogP contribution in [0.3, 0.4) is 0 Å². The maximum absolute atomic E-state index is 10.7. The Balaban J connectivity index is 4.63. The summed E-state index contributed by atoms with van der Waals surface area (Å²) in [5.74, 6) is -4.28. The Labute approximate surface area is 90.5 Å². The second-order valence-corrected chi connectivity index (χ2v) is 2.88. The van der Waals surface area contributed by atoms with Gasteiger partial charge in [0.25, 0.3) is 0 Å². The van der Waals surface area contributed by atoms with Gasteiger partial charge in [0.15, 0.2) is 0 Å². The summed E-state index contributed by atoms with van der Waals surface area (Å²) < 4.78 is 4.12. The molecule has 1 unspecified atom stereocenters. The molecule has 0 heterocycles. The molecule has 0 aliphatic heterocycles. The van der Waals surface area contributed by atoms with Gasteiger partial charge in [-0.2, -0.15) is 0 Å². The van der Waals surface area contributed by atoms with E-state index >= 15 is 0 Å². The first-order valence-electron chi connectivity index (χ1n) is 3.36. The van der Waals surface area contributed by atoms with Gasteiger partial charge in [-0.3, -0.25) is 0 Å². The molecule has 0 amide bonds. The van der Waals surface area contributed by atoms with E-state index in [0.717, 1.165) is 20.8 Å². The molecule has 0 rings (SSSR count). The molecule has 0 aliphatic carbocycles. The molecule has 0 aliphatic rings. The Morgan fingerprint density at radius 3 is 2.00 bits per heavy atom. The molecule has 0 bridgehead atoms. The summed E-state index contributed by atoms with van der Waals surface area (Å²) in [5.41, 5.74) is -2.61. The Kier molecular flexibility index (Phi) is 4.75. The first kappa shape index (κ1) is 13.1. The van der Waals surface area contributed by atoms with Crippen molar-refractivity contribution in [2.75, 3.05) is 0 Å². The van der Waals surface area contributed by atoms with Crippen LogP contribution in [0.5, 0.6) is 0 Å². The number of carboxylic acids is 2. The number of rotatable bonds is 5. The number of carbonyl (C=O) groups excluding carboxylic acids is 1. The Hall–Kier alpha value is -0.916. The molecule has 0 spiro atoms. The van der Waals surface area contributed by atoms with Crippen LogP contribution >= 0.6 is 0 Å². The van der Waals surface area contributed by atoms with Crippen molar-refractivity contribution in [1.29, 1.82) is 0 Å². The molecule has 0 aromatic heterocycles. The minimum atomic E-state index is -2.61. The van der Waals surface area contributed by atoms with Crippen molar-refractivity contribution in [2.24, 2.45) is 0 Å². The fourth-order valence-electron chi connectivity index (χ4n) is 0.739. The van der Waals surface area contributed by atoms with Crippen molar-refractivity contribution < 1.29 is 53.8 Å². The summed E-state index contributed by atoms with van der Waals surface area (Å²) >= 11 is 1.01. The van der Waals surface area contributed by atoms with Crippen molar-refractivity contribution >= 4 is 17.9 Å². The predicted octanol–water partition coefficient (Wildman–Crippen LogP) is -1.33. The van der Waals surface area contributed by atoms with E-state index in [4.69, 9.17) is 10.2 Å². The SMILES string of the molecule is O=C(O)CC(O)(CC(=O)[O][Ti])C(=O)O. The Bertz CT molecular complexity index is 263. The predicted molar refractivity (Wildman–Crippen MR) is 35.5 cm³/mol. The van der Waals surface area contributed by atoms with Crippen molar-refractivity contribution in [3.05, 3.63) is 0 Å². The van der Waals surface area contributed by atoms with Gasteiger partial charge in [0.05, 0.1) is 0 Å². The Morgan fingerprint density at radius 1 is 1.21 bits per heavy atom. The van der Waals surface area contributed by atoms with Gasteiger partial charge < -0.3 is 0 Å². The maximum atomic E-state index is 10.7. The quantitative estimate of drug-likeness (QED) is 0.508. The molecule has 0 saturated heterocycles. The van der Waals surface area contributed by atoms with E-state index in [0.29, 0.717) is 0 Å². The number of aliphatic hydroxyl groups is 1. The van der Waals surface area contributed by atoms with E-state index < -0.39 is 36.4 Å². The van der Waals surface area contributed by atoms with E-state index in [-0.39, 0.29) is 0 Å². The number of carboxylic acid groups (broad SMARTS) is 2. The molecule has 77 valence electrons. The van der Waals surface area contributed by atoms with Crippen molar-refractivity contribution in [2.45, 2.75) is 18.4 Å². The van der Waals surface area contributed by atoms with Crippen molar-refractivity contribution in [3.8, 4) is 0 Å². The van der Waals surface area contributed by atoms with Crippen LogP contribution < -0.4 is 0 Å². The zero-order chi connectivity index (χ0) is 11.4. The van der Waals surface area contributed by atoms with Crippen LogP contribution in [0.25, 0.3) is 0 Å². The second-order valence-electron chi connectivity index (χ2n) is 2.56. The molecule has 1 atom stereocenters. The molecule has 0 aromatic rings. The van der Waals surface area contributed by atoms with Gasteiger partial charge in [0.1, 0.15) is 0 Å². The molecular weight excluding hydrogens is 232 g/mol. The third kappa shape index (κ3) is 3.86. The summed E-state index contributed by atoms with van der Waals surface area (Å²) in [4.78, 5) is 31.4. The summed E-state index contributed by atoms with van der Waals surface area (Å²) in [6, 6.07) is 0. The van der Waals surface area contributed by atoms with Gasteiger partial charge in [-0.25, -0.2) is 0 Å². The molecule has 0 radical (unpaired) electrons. The number of hydrogen-bond acceptors (Lipinski definition) is 5. The van der Waals surface area contributed by atoms with Crippen LogP contribution in [0.2, 0.25) is 0 Å². The van der Waals surface area contributed by atoms with Crippen LogP contribution in [-0.4, -0.2) is 38.8 Å². The minimum absolute atomic E-state index is 0.898. The van der Waals surface area contributed by atoms with Gasteiger partial charge in [-0.15, -0.1) is 0 Å². The van der Waals surface area contributed by atoms with E-state index in [2.05, 4.69) is 3.32 Å². The molecule has 0 aromatic carbocycles. The summed E-state index contributed by atoms with van der Waals surface area (Å²) in [5, 5.41) is 26.1. The fraction of sp³-hybridized carbons (Fsp3) is 0.500. The van der Waals surface area contributed by atoms with E-state index in [1.807, 2.05) is 0 Å². The zero-order valence-electron chi connectivity index (χ0n) is 6.89. The third-order valence-electron chi connectivity index (χ3n) is 1.39. The molecule has 3 N–H and O–H groups in total. The monoisotopic (exact) mass is 239 g/mol. The van der Waals surface area contributed by atoms with Crippen molar-refractivity contribution in [3.63, 3.8) is 0 Å². The van der Waals surface area contributed by atoms with Crippen LogP contribution in [0, 0.1) is 0 Å². The van der Waals surface area contributed by atoms with Gasteiger partial charge in [0, 0.05) is 0 Å². The molecule has 0 fully saturated rings. The van der Waals surface area contributed by atoms with E-state index in [1.54, 1.807) is 0 Å². The molecule has 0 saturated carbocycles. The summed E-state index contributed by atoms with van der Waals surface area (Å²) in [6.45, 7) is 0. The van der Waals surface area contributed by atoms with Gasteiger partial charge >= 0.3 is 90.2 Å². The Morgan fingerprint density at radius 2 is 1.71 bits per heavy atom. The van der Waals surface area contributed by atoms with Crippen LogP contribution in [-0.2, 0) is 38.5 Å². The molecule has 14 heavy (non-hydrogen) atoms. The third-order valence-corrected chi connectivity index (χ3v) is 1.75. The molecule has 7 nitrogen and oxygen atoms in total.